The monoisotopic (exact) mass is 246 g/mol. The molecule has 1 heterocycles. The fourth-order valence-electron chi connectivity index (χ4n) is 2.06. The van der Waals surface area contributed by atoms with Gasteiger partial charge in [0.1, 0.15) is 5.82 Å². The molecule has 2 rings (SSSR count). The topological polar surface area (TPSA) is 30.9 Å². The van der Waals surface area contributed by atoms with E-state index < -0.39 is 0 Å². The highest BCUT2D eigenvalue weighted by molar-refractivity contribution is 5.19. The number of nitrogens with two attached hydrogens (primary N) is 1. The molecule has 0 aliphatic rings. The second kappa shape index (κ2) is 5.83. The predicted molar refractivity (Wildman–Crippen MR) is 71.8 cm³/mol. The van der Waals surface area contributed by atoms with E-state index in [0.29, 0.717) is 0 Å². The lowest BCUT2D eigenvalue weighted by atomic mass is 10.1. The molecule has 0 bridgehead atoms. The van der Waals surface area contributed by atoms with Crippen molar-refractivity contribution in [3.05, 3.63) is 59.7 Å². The minimum absolute atomic E-state index is 0.115. The van der Waals surface area contributed by atoms with Crippen LogP contribution in [0.15, 0.2) is 42.7 Å². The molecule has 0 fully saturated rings. The molecule has 2 nitrogen and oxygen atoms in total. The van der Waals surface area contributed by atoms with Crippen LogP contribution in [0.3, 0.4) is 0 Å². The molecule has 1 aromatic heterocycles. The molecule has 0 amide bonds. The third kappa shape index (κ3) is 3.20. The summed E-state index contributed by atoms with van der Waals surface area (Å²) in [6.45, 7) is 2.88. The van der Waals surface area contributed by atoms with Gasteiger partial charge in [-0.3, -0.25) is 0 Å². The standard InChI is InChI=1S/C15H19FN2/c1-2-3-15(17)13-8-9-18(11-13)10-12-4-6-14(16)7-5-12/h4-9,11,15H,2-3,10,17H2,1H3. The Balaban J connectivity index is 2.04. The zero-order valence-corrected chi connectivity index (χ0v) is 10.6. The number of hydrogen-bond donors (Lipinski definition) is 1. The van der Waals surface area contributed by atoms with Crippen LogP contribution in [0, 0.1) is 5.82 Å². The molecule has 0 aliphatic heterocycles. The maximum Gasteiger partial charge on any atom is 0.123 e. The summed E-state index contributed by atoms with van der Waals surface area (Å²) in [4.78, 5) is 0. The van der Waals surface area contributed by atoms with Crippen LogP contribution in [-0.4, -0.2) is 4.57 Å². The lowest BCUT2D eigenvalue weighted by molar-refractivity contribution is 0.626. The van der Waals surface area contributed by atoms with E-state index in [-0.39, 0.29) is 11.9 Å². The van der Waals surface area contributed by atoms with E-state index in [9.17, 15) is 4.39 Å². The maximum absolute atomic E-state index is 12.8. The van der Waals surface area contributed by atoms with Gasteiger partial charge in [0.05, 0.1) is 0 Å². The third-order valence-electron chi connectivity index (χ3n) is 3.08. The molecule has 96 valence electrons. The van der Waals surface area contributed by atoms with Crippen LogP contribution in [0.5, 0.6) is 0 Å². The van der Waals surface area contributed by atoms with Gasteiger partial charge in [-0.2, -0.15) is 0 Å². The highest BCUT2D eigenvalue weighted by Gasteiger charge is 2.06. The van der Waals surface area contributed by atoms with Crippen molar-refractivity contribution >= 4 is 0 Å². The summed E-state index contributed by atoms with van der Waals surface area (Å²) >= 11 is 0. The van der Waals surface area contributed by atoms with Gasteiger partial charge in [-0.1, -0.05) is 25.5 Å². The summed E-state index contributed by atoms with van der Waals surface area (Å²) in [5, 5.41) is 0. The maximum atomic E-state index is 12.8. The van der Waals surface area contributed by atoms with Crippen LogP contribution < -0.4 is 5.73 Å². The smallest absolute Gasteiger partial charge is 0.123 e. The van der Waals surface area contributed by atoms with Gasteiger partial charge >= 0.3 is 0 Å². The van der Waals surface area contributed by atoms with E-state index in [4.69, 9.17) is 5.73 Å². The quantitative estimate of drug-likeness (QED) is 0.860. The molecule has 0 saturated heterocycles. The van der Waals surface area contributed by atoms with Crippen LogP contribution in [-0.2, 0) is 6.54 Å². The first-order valence-corrected chi connectivity index (χ1v) is 6.34. The van der Waals surface area contributed by atoms with Gasteiger partial charge in [0.15, 0.2) is 0 Å². The van der Waals surface area contributed by atoms with Gasteiger partial charge in [-0.25, -0.2) is 4.39 Å². The van der Waals surface area contributed by atoms with Crippen molar-refractivity contribution < 1.29 is 4.39 Å². The number of aromatic nitrogens is 1. The Kier molecular flexibility index (Phi) is 4.15. The molecule has 1 aromatic carbocycles. The van der Waals surface area contributed by atoms with Gasteiger partial charge in [0.25, 0.3) is 0 Å². The van der Waals surface area contributed by atoms with E-state index in [0.717, 1.165) is 24.9 Å². The predicted octanol–water partition coefficient (Wildman–Crippen LogP) is 3.48. The summed E-state index contributed by atoms with van der Waals surface area (Å²) in [6.07, 6.45) is 6.18. The number of rotatable bonds is 5. The van der Waals surface area contributed by atoms with Crippen molar-refractivity contribution in [3.63, 3.8) is 0 Å². The van der Waals surface area contributed by atoms with Crippen LogP contribution >= 0.6 is 0 Å². The average molecular weight is 246 g/mol. The average Bonchev–Trinajstić information content (AvgIpc) is 2.81. The van der Waals surface area contributed by atoms with Crippen molar-refractivity contribution in [2.75, 3.05) is 0 Å². The third-order valence-corrected chi connectivity index (χ3v) is 3.08. The van der Waals surface area contributed by atoms with Gasteiger partial charge in [0.2, 0.25) is 0 Å². The minimum Gasteiger partial charge on any atom is -0.350 e. The molecule has 1 unspecified atom stereocenters. The molecular weight excluding hydrogens is 227 g/mol. The summed E-state index contributed by atoms with van der Waals surface area (Å²) < 4.78 is 14.9. The first-order chi connectivity index (χ1) is 8.69. The number of benzene rings is 1. The largest absolute Gasteiger partial charge is 0.350 e. The molecule has 0 radical (unpaired) electrons. The van der Waals surface area contributed by atoms with E-state index >= 15 is 0 Å². The van der Waals surface area contributed by atoms with Gasteiger partial charge in [-0.05, 0) is 35.7 Å². The van der Waals surface area contributed by atoms with E-state index in [1.54, 1.807) is 12.1 Å². The molecular formula is C15H19FN2. The Morgan fingerprint density at radius 2 is 1.94 bits per heavy atom. The van der Waals surface area contributed by atoms with Gasteiger partial charge in [0, 0.05) is 25.0 Å². The molecule has 2 N–H and O–H groups in total. The summed E-state index contributed by atoms with van der Waals surface area (Å²) in [5.41, 5.74) is 8.32. The zero-order valence-electron chi connectivity index (χ0n) is 10.6. The van der Waals surface area contributed by atoms with Crippen LogP contribution in [0.4, 0.5) is 4.39 Å². The summed E-state index contributed by atoms with van der Waals surface area (Å²) in [5.74, 6) is -0.197. The molecule has 2 aromatic rings. The molecule has 0 aliphatic carbocycles. The van der Waals surface area contributed by atoms with Crippen LogP contribution in [0.2, 0.25) is 0 Å². The first-order valence-electron chi connectivity index (χ1n) is 6.34. The Morgan fingerprint density at radius 1 is 1.22 bits per heavy atom. The Bertz CT molecular complexity index is 487. The van der Waals surface area contributed by atoms with Crippen LogP contribution in [0.25, 0.3) is 0 Å². The van der Waals surface area contributed by atoms with Crippen molar-refractivity contribution in [2.45, 2.75) is 32.4 Å². The summed E-state index contributed by atoms with van der Waals surface area (Å²) in [6, 6.07) is 8.76. The minimum atomic E-state index is -0.197. The van der Waals surface area contributed by atoms with Crippen molar-refractivity contribution in [2.24, 2.45) is 5.73 Å². The first kappa shape index (κ1) is 12.8. The van der Waals surface area contributed by atoms with E-state index in [1.165, 1.54) is 17.7 Å². The highest BCUT2D eigenvalue weighted by atomic mass is 19.1. The lowest BCUT2D eigenvalue weighted by Gasteiger charge is -2.07. The Morgan fingerprint density at radius 3 is 2.61 bits per heavy atom. The van der Waals surface area contributed by atoms with Gasteiger partial charge in [-0.15, -0.1) is 0 Å². The Hall–Kier alpha value is -1.61. The fraction of sp³-hybridized carbons (Fsp3) is 0.333. The van der Waals surface area contributed by atoms with E-state index in [1.807, 2.05) is 6.20 Å². The second-order valence-corrected chi connectivity index (χ2v) is 4.64. The van der Waals surface area contributed by atoms with E-state index in [2.05, 4.69) is 23.8 Å². The van der Waals surface area contributed by atoms with Crippen molar-refractivity contribution in [1.29, 1.82) is 0 Å². The molecule has 0 saturated carbocycles. The molecule has 0 spiro atoms. The lowest BCUT2D eigenvalue weighted by Crippen LogP contribution is -2.08. The summed E-state index contributed by atoms with van der Waals surface area (Å²) in [7, 11) is 0. The highest BCUT2D eigenvalue weighted by Crippen LogP contribution is 2.16. The number of hydrogen-bond acceptors (Lipinski definition) is 1. The second-order valence-electron chi connectivity index (χ2n) is 4.64. The normalized spacial score (nSPS) is 12.6. The fourth-order valence-corrected chi connectivity index (χ4v) is 2.06. The zero-order chi connectivity index (χ0) is 13.0. The molecule has 1 atom stereocenters. The number of halogens is 1. The molecule has 18 heavy (non-hydrogen) atoms. The van der Waals surface area contributed by atoms with Crippen molar-refractivity contribution in [3.8, 4) is 0 Å². The molecule has 3 heteroatoms. The SMILES string of the molecule is CCCC(N)c1ccn(Cc2ccc(F)cc2)c1. The Labute approximate surface area is 107 Å². The van der Waals surface area contributed by atoms with Gasteiger partial charge < -0.3 is 10.3 Å². The van der Waals surface area contributed by atoms with Crippen molar-refractivity contribution in [1.82, 2.24) is 4.57 Å². The van der Waals surface area contributed by atoms with Crippen LogP contribution in [0.1, 0.15) is 36.9 Å². The number of nitrogens with zero attached hydrogens (tertiary/aromatic N) is 1.